The lowest BCUT2D eigenvalue weighted by molar-refractivity contribution is -0.150. The molecule has 0 spiro atoms. The monoisotopic (exact) mass is 355 g/mol. The van der Waals surface area contributed by atoms with Crippen molar-refractivity contribution in [2.45, 2.75) is 31.7 Å². The summed E-state index contributed by atoms with van der Waals surface area (Å²) in [5, 5.41) is 9.87. The number of ether oxygens (including phenoxy) is 1. The van der Waals surface area contributed by atoms with Gasteiger partial charge in [-0.1, -0.05) is 0 Å². The number of hydrogen-bond donors (Lipinski definition) is 1. The molecule has 7 nitrogen and oxygen atoms in total. The number of rotatable bonds is 3. The van der Waals surface area contributed by atoms with E-state index in [1.54, 1.807) is 34.9 Å². The van der Waals surface area contributed by atoms with Crippen molar-refractivity contribution in [1.82, 2.24) is 14.5 Å². The third kappa shape index (κ3) is 2.55. The number of aliphatic carboxylic acids is 1. The first-order valence-corrected chi connectivity index (χ1v) is 8.80. The van der Waals surface area contributed by atoms with Crippen LogP contribution in [0.15, 0.2) is 30.6 Å². The molecule has 2 aliphatic heterocycles. The molecule has 0 unspecified atom stereocenters. The summed E-state index contributed by atoms with van der Waals surface area (Å²) in [6.07, 6.45) is 4.86. The number of carbonyl (C=O) groups excluding carboxylic acids is 1. The van der Waals surface area contributed by atoms with Crippen LogP contribution in [-0.4, -0.2) is 51.1 Å². The Balaban J connectivity index is 1.53. The lowest BCUT2D eigenvalue weighted by atomic mass is 9.86. The molecule has 0 radical (unpaired) electrons. The average molecular weight is 355 g/mol. The fourth-order valence-electron chi connectivity index (χ4n) is 3.97. The molecule has 0 atom stereocenters. The molecule has 1 N–H and O–H groups in total. The molecule has 1 aromatic heterocycles. The summed E-state index contributed by atoms with van der Waals surface area (Å²) < 4.78 is 7.21. The molecule has 7 heteroatoms. The predicted molar refractivity (Wildman–Crippen MR) is 93.4 cm³/mol. The van der Waals surface area contributed by atoms with Gasteiger partial charge in [0.2, 0.25) is 0 Å². The third-order valence-corrected chi connectivity index (χ3v) is 5.50. The van der Waals surface area contributed by atoms with Crippen molar-refractivity contribution >= 4 is 11.9 Å². The van der Waals surface area contributed by atoms with Crippen LogP contribution >= 0.6 is 0 Å². The number of likely N-dealkylation sites (tertiary alicyclic amines) is 1. The van der Waals surface area contributed by atoms with E-state index in [4.69, 9.17) is 4.74 Å². The third-order valence-electron chi connectivity index (χ3n) is 5.50. The van der Waals surface area contributed by atoms with Gasteiger partial charge in [-0.3, -0.25) is 4.79 Å². The molecule has 1 aromatic carbocycles. The van der Waals surface area contributed by atoms with Crippen molar-refractivity contribution in [2.24, 2.45) is 0 Å². The lowest BCUT2D eigenvalue weighted by Crippen LogP contribution is -2.52. The van der Waals surface area contributed by atoms with Crippen LogP contribution in [0.2, 0.25) is 0 Å². The number of carbonyl (C=O) groups is 2. The van der Waals surface area contributed by atoms with Crippen molar-refractivity contribution in [3.05, 3.63) is 47.5 Å². The maximum Gasteiger partial charge on any atom is 0.330 e. The number of amides is 1. The second kappa shape index (κ2) is 6.16. The summed E-state index contributed by atoms with van der Waals surface area (Å²) >= 11 is 0. The van der Waals surface area contributed by atoms with E-state index in [2.05, 4.69) is 4.98 Å². The van der Waals surface area contributed by atoms with Crippen molar-refractivity contribution in [1.29, 1.82) is 0 Å². The Morgan fingerprint density at radius 2 is 2.04 bits per heavy atom. The maximum absolute atomic E-state index is 12.9. The van der Waals surface area contributed by atoms with E-state index in [0.717, 1.165) is 17.7 Å². The molecule has 0 saturated carbocycles. The van der Waals surface area contributed by atoms with Crippen molar-refractivity contribution in [3.63, 3.8) is 0 Å². The summed E-state index contributed by atoms with van der Waals surface area (Å²) in [6.45, 7) is 3.25. The Hall–Kier alpha value is -2.83. The van der Waals surface area contributed by atoms with Crippen LogP contribution in [0, 0.1) is 6.92 Å². The number of carboxylic acid groups (broad SMARTS) is 1. The van der Waals surface area contributed by atoms with Gasteiger partial charge in [0.15, 0.2) is 0 Å². The molecular weight excluding hydrogens is 334 g/mol. The molecule has 3 heterocycles. The molecule has 4 rings (SSSR count). The second-order valence-electron chi connectivity index (χ2n) is 6.89. The summed E-state index contributed by atoms with van der Waals surface area (Å²) in [4.78, 5) is 30.8. The molecule has 1 fully saturated rings. The SMILES string of the molecule is Cc1nccn1C1(C(=O)O)CCN(C(=O)c2ccc3c(c2)CCO3)CC1. The topological polar surface area (TPSA) is 84.7 Å². The molecule has 2 aromatic rings. The van der Waals surface area contributed by atoms with Crippen LogP contribution < -0.4 is 4.74 Å². The van der Waals surface area contributed by atoms with Gasteiger partial charge in [-0.15, -0.1) is 0 Å². The largest absolute Gasteiger partial charge is 0.493 e. The van der Waals surface area contributed by atoms with Crippen LogP contribution in [0.25, 0.3) is 0 Å². The fourth-order valence-corrected chi connectivity index (χ4v) is 3.97. The molecule has 0 bridgehead atoms. The predicted octanol–water partition coefficient (Wildman–Crippen LogP) is 1.84. The minimum atomic E-state index is -1.04. The average Bonchev–Trinajstić information content (AvgIpc) is 3.29. The maximum atomic E-state index is 12.9. The first-order chi connectivity index (χ1) is 12.5. The van der Waals surface area contributed by atoms with Gasteiger partial charge in [-0.05, 0) is 43.5 Å². The lowest BCUT2D eigenvalue weighted by Gasteiger charge is -2.40. The number of aryl methyl sites for hydroxylation is 1. The van der Waals surface area contributed by atoms with Crippen LogP contribution in [-0.2, 0) is 16.8 Å². The smallest absolute Gasteiger partial charge is 0.330 e. The standard InChI is InChI=1S/C19H21N3O4/c1-13-20-7-10-22(13)19(18(24)25)5-8-21(9-6-19)17(23)15-2-3-16-14(12-15)4-11-26-16/h2-3,7,10,12H,4-6,8-9,11H2,1H3,(H,24,25). The van der Waals surface area contributed by atoms with E-state index in [1.807, 2.05) is 12.1 Å². The van der Waals surface area contributed by atoms with E-state index in [-0.39, 0.29) is 5.91 Å². The van der Waals surface area contributed by atoms with Gasteiger partial charge < -0.3 is 19.3 Å². The van der Waals surface area contributed by atoms with Crippen LogP contribution in [0.3, 0.4) is 0 Å². The summed E-state index contributed by atoms with van der Waals surface area (Å²) in [5.74, 6) is 0.591. The first-order valence-electron chi connectivity index (χ1n) is 8.80. The minimum Gasteiger partial charge on any atom is -0.493 e. The summed E-state index contributed by atoms with van der Waals surface area (Å²) in [5.41, 5.74) is 0.654. The van der Waals surface area contributed by atoms with Crippen LogP contribution in [0.1, 0.15) is 34.6 Å². The van der Waals surface area contributed by atoms with E-state index in [0.29, 0.717) is 43.9 Å². The van der Waals surface area contributed by atoms with Crippen molar-refractivity contribution in [2.75, 3.05) is 19.7 Å². The quantitative estimate of drug-likeness (QED) is 0.908. The molecular formula is C19H21N3O4. The Morgan fingerprint density at radius 1 is 1.27 bits per heavy atom. The number of benzene rings is 1. The van der Waals surface area contributed by atoms with Gasteiger partial charge in [-0.25, -0.2) is 9.78 Å². The second-order valence-corrected chi connectivity index (χ2v) is 6.89. The van der Waals surface area contributed by atoms with E-state index >= 15 is 0 Å². The molecule has 1 amide bonds. The van der Waals surface area contributed by atoms with Crippen molar-refractivity contribution in [3.8, 4) is 5.75 Å². The Kier molecular flexibility index (Phi) is 3.94. The van der Waals surface area contributed by atoms with Crippen LogP contribution in [0.5, 0.6) is 5.75 Å². The van der Waals surface area contributed by atoms with Gasteiger partial charge in [0, 0.05) is 37.5 Å². The summed E-state index contributed by atoms with van der Waals surface area (Å²) in [7, 11) is 0. The molecule has 2 aliphatic rings. The number of aromatic nitrogens is 2. The first kappa shape index (κ1) is 16.6. The molecule has 26 heavy (non-hydrogen) atoms. The highest BCUT2D eigenvalue weighted by Gasteiger charge is 2.44. The number of imidazole rings is 1. The van der Waals surface area contributed by atoms with E-state index in [1.165, 1.54) is 0 Å². The Morgan fingerprint density at radius 3 is 2.69 bits per heavy atom. The Labute approximate surface area is 151 Å². The highest BCUT2D eigenvalue weighted by molar-refractivity contribution is 5.95. The highest BCUT2D eigenvalue weighted by Crippen LogP contribution is 2.33. The molecule has 1 saturated heterocycles. The van der Waals surface area contributed by atoms with Crippen molar-refractivity contribution < 1.29 is 19.4 Å². The zero-order chi connectivity index (χ0) is 18.3. The van der Waals surface area contributed by atoms with Gasteiger partial charge in [0.25, 0.3) is 5.91 Å². The van der Waals surface area contributed by atoms with E-state index < -0.39 is 11.5 Å². The fraction of sp³-hybridized carbons (Fsp3) is 0.421. The van der Waals surface area contributed by atoms with Crippen LogP contribution in [0.4, 0.5) is 0 Å². The number of carboxylic acids is 1. The van der Waals surface area contributed by atoms with E-state index in [9.17, 15) is 14.7 Å². The highest BCUT2D eigenvalue weighted by atomic mass is 16.5. The number of hydrogen-bond acceptors (Lipinski definition) is 4. The zero-order valence-electron chi connectivity index (χ0n) is 14.6. The van der Waals surface area contributed by atoms with Gasteiger partial charge in [0.05, 0.1) is 6.61 Å². The number of nitrogens with zero attached hydrogens (tertiary/aromatic N) is 3. The minimum absolute atomic E-state index is 0.0546. The number of fused-ring (bicyclic) bond motifs is 1. The van der Waals surface area contributed by atoms with Gasteiger partial charge in [-0.2, -0.15) is 0 Å². The summed E-state index contributed by atoms with van der Waals surface area (Å²) in [6, 6.07) is 5.52. The molecule has 0 aliphatic carbocycles. The normalized spacial score (nSPS) is 18.3. The molecule has 136 valence electrons. The zero-order valence-corrected chi connectivity index (χ0v) is 14.6. The Bertz CT molecular complexity index is 865. The van der Waals surface area contributed by atoms with Gasteiger partial charge in [0.1, 0.15) is 17.1 Å². The van der Waals surface area contributed by atoms with Gasteiger partial charge >= 0.3 is 5.97 Å². The number of piperidine rings is 1.